The molecule has 0 saturated carbocycles. The lowest BCUT2D eigenvalue weighted by molar-refractivity contribution is -0.465. The third kappa shape index (κ3) is 3.90. The van der Waals surface area contributed by atoms with Crippen LogP contribution in [0.3, 0.4) is 0 Å². The quantitative estimate of drug-likeness (QED) is 0.365. The highest BCUT2D eigenvalue weighted by Gasteiger charge is 2.40. The van der Waals surface area contributed by atoms with Crippen molar-refractivity contribution >= 4 is 22.0 Å². The highest BCUT2D eigenvalue weighted by atomic mass is 127. The zero-order valence-electron chi connectivity index (χ0n) is 21.5. The van der Waals surface area contributed by atoms with Gasteiger partial charge in [0.2, 0.25) is 5.36 Å². The Morgan fingerprint density at radius 1 is 1.00 bits per heavy atom. The molecule has 4 aliphatic rings. The average Bonchev–Trinajstić information content (AvgIpc) is 3.11. The predicted octanol–water partition coefficient (Wildman–Crippen LogP) is 2.57. The van der Waals surface area contributed by atoms with Crippen LogP contribution in [0.5, 0.6) is 0 Å². The minimum Gasteiger partial charge on any atom is -1.00 e. The molecule has 0 bridgehead atoms. The molecule has 2 aliphatic carbocycles. The summed E-state index contributed by atoms with van der Waals surface area (Å²) in [5.41, 5.74) is 7.81. The van der Waals surface area contributed by atoms with Crippen molar-refractivity contribution in [1.82, 2.24) is 0 Å². The Morgan fingerprint density at radius 2 is 1.83 bits per heavy atom. The van der Waals surface area contributed by atoms with E-state index in [2.05, 4.69) is 103 Å². The van der Waals surface area contributed by atoms with Gasteiger partial charge < -0.3 is 33.3 Å². The molecule has 1 N–H and O–H groups in total. The van der Waals surface area contributed by atoms with Crippen LogP contribution in [0.25, 0.3) is 27.7 Å². The summed E-state index contributed by atoms with van der Waals surface area (Å²) < 4.78 is 6.53. The second kappa shape index (κ2) is 9.55. The summed E-state index contributed by atoms with van der Waals surface area (Å²) in [5.74, 6) is 1.99. The average molecular weight is 589 g/mol. The molecule has 0 unspecified atom stereocenters. The Hall–Kier alpha value is -2.86. The van der Waals surface area contributed by atoms with Gasteiger partial charge in [-0.25, -0.2) is 4.99 Å². The molecule has 184 valence electrons. The Kier molecular flexibility index (Phi) is 6.58. The van der Waals surface area contributed by atoms with Crippen LogP contribution < -0.4 is 39.2 Å². The number of benzene rings is 3. The Labute approximate surface area is 230 Å². The second-order valence-electron chi connectivity index (χ2n) is 10.3. The van der Waals surface area contributed by atoms with E-state index in [0.717, 1.165) is 42.7 Å². The number of anilines is 1. The number of fused-ring (bicyclic) bond motifs is 5. The van der Waals surface area contributed by atoms with Gasteiger partial charge >= 0.3 is 0 Å². The van der Waals surface area contributed by atoms with Gasteiger partial charge in [0, 0.05) is 35.0 Å². The lowest BCUT2D eigenvalue weighted by Gasteiger charge is -2.26. The standard InChI is InChI=1S/C32H32N2O.HI/c1-5-34-27-17-14-21-9-6-7-12-26(21)30(27)32(2,3)29(34)18-15-22-10-8-11-24-19-23-13-16-25(33-4)20-28(23)35-31(22)24;/h6-7,9,12-20H,5,8,10-11H2,1-4H3;1H/b22-15+,29-18+,33-25?;. The van der Waals surface area contributed by atoms with E-state index in [1.807, 2.05) is 7.05 Å². The van der Waals surface area contributed by atoms with Gasteiger partial charge in [-0.15, -0.1) is 0 Å². The smallest absolute Gasteiger partial charge is 0.201 e. The zero-order valence-corrected chi connectivity index (χ0v) is 23.6. The molecule has 2 aromatic carbocycles. The summed E-state index contributed by atoms with van der Waals surface area (Å²) in [6.07, 6.45) is 7.94. The van der Waals surface area contributed by atoms with E-state index in [-0.39, 0.29) is 29.4 Å². The third-order valence-corrected chi connectivity index (χ3v) is 7.83. The number of nitrogens with one attached hydrogen (secondary N) is 1. The number of aryl methyl sites for hydroxylation is 1. The molecule has 2 aliphatic heterocycles. The van der Waals surface area contributed by atoms with E-state index in [4.69, 9.17) is 4.42 Å². The van der Waals surface area contributed by atoms with Crippen LogP contribution in [0.1, 0.15) is 50.5 Å². The van der Waals surface area contributed by atoms with Gasteiger partial charge in [0.15, 0.2) is 0 Å². The molecule has 4 heteroatoms. The van der Waals surface area contributed by atoms with Crippen LogP contribution in [-0.4, -0.2) is 13.6 Å². The first-order valence-electron chi connectivity index (χ1n) is 12.8. The van der Waals surface area contributed by atoms with Gasteiger partial charge in [-0.1, -0.05) is 50.3 Å². The number of likely N-dealkylation sites (N-methyl/N-ethyl adjacent to an activating group) is 1. The summed E-state index contributed by atoms with van der Waals surface area (Å²) in [4.78, 5) is 5.71. The molecular weight excluding hydrogens is 555 g/mol. The van der Waals surface area contributed by atoms with E-state index < -0.39 is 0 Å². The van der Waals surface area contributed by atoms with Crippen molar-refractivity contribution in [3.05, 3.63) is 101 Å². The summed E-state index contributed by atoms with van der Waals surface area (Å²) >= 11 is 0. The van der Waals surface area contributed by atoms with Gasteiger partial charge in [0.05, 0.1) is 6.07 Å². The molecule has 0 saturated heterocycles. The summed E-state index contributed by atoms with van der Waals surface area (Å²) in [7, 11) is 1.95. The van der Waals surface area contributed by atoms with Crippen molar-refractivity contribution in [3.8, 4) is 11.3 Å². The largest absolute Gasteiger partial charge is 1.00 e. The molecule has 0 amide bonds. The molecule has 0 spiro atoms. The van der Waals surface area contributed by atoms with Crippen molar-refractivity contribution in [1.29, 1.82) is 0 Å². The molecule has 36 heavy (non-hydrogen) atoms. The minimum atomic E-state index is -0.0804. The van der Waals surface area contributed by atoms with E-state index in [0.29, 0.717) is 0 Å². The molecule has 6 rings (SSSR count). The molecule has 0 fully saturated rings. The summed E-state index contributed by atoms with van der Waals surface area (Å²) in [6, 6.07) is 22.0. The molecule has 3 nitrogen and oxygen atoms in total. The normalized spacial score (nSPS) is 19.1. The van der Waals surface area contributed by atoms with Crippen molar-refractivity contribution < 1.29 is 33.4 Å². The fourth-order valence-corrected chi connectivity index (χ4v) is 6.08. The van der Waals surface area contributed by atoms with Crippen LogP contribution in [0, 0.1) is 0 Å². The van der Waals surface area contributed by atoms with E-state index in [1.54, 1.807) is 0 Å². The van der Waals surface area contributed by atoms with Crippen molar-refractivity contribution in [3.63, 3.8) is 0 Å². The van der Waals surface area contributed by atoms with Crippen molar-refractivity contribution in [2.45, 2.75) is 45.4 Å². The van der Waals surface area contributed by atoms with Gasteiger partial charge in [0.25, 0.3) is 0 Å². The molecular formula is C32H33IN2O. The predicted molar refractivity (Wildman–Crippen MR) is 144 cm³/mol. The molecule has 0 atom stereocenters. The summed E-state index contributed by atoms with van der Waals surface area (Å²) in [5, 5.41) is 3.73. The maximum absolute atomic E-state index is 6.53. The SMILES string of the molecule is CCN1/C(=C/C=C2\CCCc3cc4ccc(=[NH+]C)cc-4oc32)C(C)(C)c2c1ccc1ccccc21.[I-]. The highest BCUT2D eigenvalue weighted by Crippen LogP contribution is 2.50. The van der Waals surface area contributed by atoms with E-state index >= 15 is 0 Å². The lowest BCUT2D eigenvalue weighted by atomic mass is 9.81. The van der Waals surface area contributed by atoms with Crippen LogP contribution in [0.15, 0.2) is 82.9 Å². The topological polar surface area (TPSA) is 30.4 Å². The zero-order chi connectivity index (χ0) is 24.2. The van der Waals surface area contributed by atoms with Gasteiger partial charge in [-0.2, -0.15) is 0 Å². The molecule has 0 aromatic heterocycles. The molecule has 2 heterocycles. The van der Waals surface area contributed by atoms with Gasteiger partial charge in [-0.3, -0.25) is 0 Å². The fourth-order valence-electron chi connectivity index (χ4n) is 6.08. The Morgan fingerprint density at radius 3 is 2.64 bits per heavy atom. The van der Waals surface area contributed by atoms with E-state index in [1.165, 1.54) is 44.4 Å². The first-order chi connectivity index (χ1) is 17.0. The monoisotopic (exact) mass is 588 g/mol. The van der Waals surface area contributed by atoms with Crippen LogP contribution >= 0.6 is 0 Å². The minimum absolute atomic E-state index is 0. The first-order valence-corrected chi connectivity index (χ1v) is 12.8. The summed E-state index contributed by atoms with van der Waals surface area (Å²) in [6.45, 7) is 7.93. The number of halogens is 1. The van der Waals surface area contributed by atoms with Crippen molar-refractivity contribution in [2.75, 3.05) is 18.5 Å². The molecule has 0 radical (unpaired) electrons. The van der Waals surface area contributed by atoms with Gasteiger partial charge in [0.1, 0.15) is 18.6 Å². The number of rotatable bonds is 2. The van der Waals surface area contributed by atoms with Gasteiger partial charge in [-0.05, 0) is 77.9 Å². The van der Waals surface area contributed by atoms with Crippen LogP contribution in [0.4, 0.5) is 5.69 Å². The van der Waals surface area contributed by atoms with Crippen LogP contribution in [-0.2, 0) is 11.8 Å². The second-order valence-corrected chi connectivity index (χ2v) is 10.3. The van der Waals surface area contributed by atoms with Crippen molar-refractivity contribution in [2.24, 2.45) is 0 Å². The van der Waals surface area contributed by atoms with Crippen LogP contribution in [0.2, 0.25) is 0 Å². The lowest BCUT2D eigenvalue weighted by Crippen LogP contribution is -3.00. The molecule has 2 aromatic rings. The number of hydrogen-bond donors (Lipinski definition) is 1. The number of hydrogen-bond acceptors (Lipinski definition) is 2. The maximum atomic E-state index is 6.53. The number of allylic oxidation sites excluding steroid dienone is 4. The first kappa shape index (κ1) is 24.8. The number of nitrogens with zero attached hydrogens (tertiary/aromatic N) is 1. The van der Waals surface area contributed by atoms with E-state index in [9.17, 15) is 0 Å². The Balaban J connectivity index is 0.00000267. The third-order valence-electron chi connectivity index (χ3n) is 7.83. The maximum Gasteiger partial charge on any atom is 0.201 e. The Bertz CT molecular complexity index is 1560. The fraction of sp³-hybridized carbons (Fsp3) is 0.281. The highest BCUT2D eigenvalue weighted by molar-refractivity contribution is 5.95.